The number of rotatable bonds is 2. The molecule has 5 rings (SSSR count). The summed E-state index contributed by atoms with van der Waals surface area (Å²) in [7, 11) is 0. The average molecular weight is 419 g/mol. The van der Waals surface area contributed by atoms with E-state index < -0.39 is 11.7 Å². The van der Waals surface area contributed by atoms with Gasteiger partial charge in [0.2, 0.25) is 0 Å². The first kappa shape index (κ1) is 19.3. The zero-order valence-electron chi connectivity index (χ0n) is 16.3. The Bertz CT molecular complexity index is 896. The molecule has 0 amide bonds. The SMILES string of the molecule is FC(F)(F)c1ccc2c(c1)N(C[C@@H]1CCCN3CCCC[C@H]13)c1ccccc1S2. The maximum Gasteiger partial charge on any atom is 0.416 e. The average Bonchev–Trinajstić information content (AvgIpc) is 2.73. The molecule has 3 heterocycles. The molecule has 2 saturated heterocycles. The van der Waals surface area contributed by atoms with Gasteiger partial charge >= 0.3 is 6.18 Å². The summed E-state index contributed by atoms with van der Waals surface area (Å²) >= 11 is 1.57. The van der Waals surface area contributed by atoms with E-state index in [-0.39, 0.29) is 0 Å². The fraction of sp³-hybridized carbons (Fsp3) is 0.478. The van der Waals surface area contributed by atoms with Gasteiger partial charge in [0, 0.05) is 22.4 Å². The summed E-state index contributed by atoms with van der Waals surface area (Å²) < 4.78 is 40.3. The Labute approximate surface area is 174 Å². The van der Waals surface area contributed by atoms with Gasteiger partial charge in [-0.3, -0.25) is 0 Å². The van der Waals surface area contributed by atoms with Gasteiger partial charge in [0.15, 0.2) is 0 Å². The van der Waals surface area contributed by atoms with Crippen LogP contribution in [0, 0.1) is 5.92 Å². The largest absolute Gasteiger partial charge is 0.416 e. The monoisotopic (exact) mass is 418 g/mol. The molecular formula is C23H25F3N2S. The highest BCUT2D eigenvalue weighted by Gasteiger charge is 2.37. The van der Waals surface area contributed by atoms with Crippen LogP contribution in [-0.2, 0) is 6.18 Å². The number of halogens is 3. The van der Waals surface area contributed by atoms with Gasteiger partial charge in [0.25, 0.3) is 0 Å². The summed E-state index contributed by atoms with van der Waals surface area (Å²) in [5.41, 5.74) is 1.18. The Morgan fingerprint density at radius 1 is 0.897 bits per heavy atom. The first-order valence-electron chi connectivity index (χ1n) is 10.5. The summed E-state index contributed by atoms with van der Waals surface area (Å²) in [6, 6.07) is 12.9. The van der Waals surface area contributed by atoms with Crippen LogP contribution in [0.4, 0.5) is 24.5 Å². The summed E-state index contributed by atoms with van der Waals surface area (Å²) in [4.78, 5) is 6.82. The highest BCUT2D eigenvalue weighted by molar-refractivity contribution is 7.99. The van der Waals surface area contributed by atoms with Gasteiger partial charge in [0.1, 0.15) is 0 Å². The summed E-state index contributed by atoms with van der Waals surface area (Å²) in [6.45, 7) is 3.12. The molecule has 0 N–H and O–H groups in total. The minimum Gasteiger partial charge on any atom is -0.339 e. The number of nitrogens with zero attached hydrogens (tertiary/aromatic N) is 2. The molecule has 154 valence electrons. The third-order valence-corrected chi connectivity index (χ3v) is 7.73. The van der Waals surface area contributed by atoms with Gasteiger partial charge in [-0.2, -0.15) is 13.2 Å². The van der Waals surface area contributed by atoms with Crippen molar-refractivity contribution in [2.75, 3.05) is 24.5 Å². The van der Waals surface area contributed by atoms with Crippen LogP contribution < -0.4 is 4.90 Å². The van der Waals surface area contributed by atoms with Crippen molar-refractivity contribution in [3.05, 3.63) is 48.0 Å². The van der Waals surface area contributed by atoms with Crippen LogP contribution in [0.1, 0.15) is 37.7 Å². The molecule has 0 radical (unpaired) electrons. The molecule has 0 bridgehead atoms. The highest BCUT2D eigenvalue weighted by Crippen LogP contribution is 2.50. The minimum atomic E-state index is -4.33. The van der Waals surface area contributed by atoms with E-state index in [4.69, 9.17) is 0 Å². The maximum atomic E-state index is 13.4. The third-order valence-electron chi connectivity index (χ3n) is 6.60. The second kappa shape index (κ2) is 7.55. The molecule has 3 aliphatic heterocycles. The molecule has 3 aliphatic rings. The van der Waals surface area contributed by atoms with Crippen molar-refractivity contribution in [3.8, 4) is 0 Å². The van der Waals surface area contributed by atoms with Crippen molar-refractivity contribution in [2.24, 2.45) is 5.92 Å². The lowest BCUT2D eigenvalue weighted by Gasteiger charge is -2.46. The van der Waals surface area contributed by atoms with Crippen LogP contribution in [-0.4, -0.2) is 30.6 Å². The molecule has 0 aliphatic carbocycles. The van der Waals surface area contributed by atoms with E-state index in [1.807, 2.05) is 18.2 Å². The Morgan fingerprint density at radius 3 is 2.55 bits per heavy atom. The molecule has 2 fully saturated rings. The van der Waals surface area contributed by atoms with Crippen LogP contribution in [0.25, 0.3) is 0 Å². The van der Waals surface area contributed by atoms with Crippen molar-refractivity contribution in [1.82, 2.24) is 4.90 Å². The summed E-state index contributed by atoms with van der Waals surface area (Å²) in [5, 5.41) is 0. The second-order valence-electron chi connectivity index (χ2n) is 8.36. The third kappa shape index (κ3) is 3.66. The molecule has 2 nitrogen and oxygen atoms in total. The number of fused-ring (bicyclic) bond motifs is 3. The number of para-hydroxylation sites is 1. The normalized spacial score (nSPS) is 24.6. The Balaban J connectivity index is 1.53. The zero-order chi connectivity index (χ0) is 20.0. The van der Waals surface area contributed by atoms with E-state index in [0.29, 0.717) is 17.6 Å². The predicted octanol–water partition coefficient (Wildman–Crippen LogP) is 6.57. The van der Waals surface area contributed by atoms with Crippen molar-refractivity contribution in [1.29, 1.82) is 0 Å². The van der Waals surface area contributed by atoms with Crippen LogP contribution in [0.5, 0.6) is 0 Å². The van der Waals surface area contributed by atoms with Gasteiger partial charge in [0.05, 0.1) is 16.9 Å². The zero-order valence-corrected chi connectivity index (χ0v) is 17.1. The van der Waals surface area contributed by atoms with Crippen molar-refractivity contribution >= 4 is 23.1 Å². The molecule has 29 heavy (non-hydrogen) atoms. The van der Waals surface area contributed by atoms with E-state index in [9.17, 15) is 13.2 Å². The molecule has 0 unspecified atom stereocenters. The van der Waals surface area contributed by atoms with Gasteiger partial charge in [-0.15, -0.1) is 0 Å². The van der Waals surface area contributed by atoms with E-state index >= 15 is 0 Å². The van der Waals surface area contributed by atoms with Crippen molar-refractivity contribution in [2.45, 2.75) is 54.1 Å². The molecular weight excluding hydrogens is 393 g/mol. The van der Waals surface area contributed by atoms with Crippen molar-refractivity contribution < 1.29 is 13.2 Å². The van der Waals surface area contributed by atoms with Gasteiger partial charge in [-0.05, 0) is 75.0 Å². The van der Waals surface area contributed by atoms with E-state index in [0.717, 1.165) is 28.4 Å². The summed E-state index contributed by atoms with van der Waals surface area (Å²) in [6.07, 6.45) is 1.75. The van der Waals surface area contributed by atoms with E-state index in [1.54, 1.807) is 17.8 Å². The highest BCUT2D eigenvalue weighted by atomic mass is 32.2. The fourth-order valence-electron chi connectivity index (χ4n) is 5.23. The molecule has 0 aromatic heterocycles. The number of hydrogen-bond donors (Lipinski definition) is 0. The number of piperidine rings is 2. The molecule has 2 aromatic rings. The minimum absolute atomic E-state index is 0.489. The van der Waals surface area contributed by atoms with Crippen LogP contribution in [0.3, 0.4) is 0 Å². The lowest BCUT2D eigenvalue weighted by Crippen LogP contribution is -2.50. The number of hydrogen-bond acceptors (Lipinski definition) is 3. The van der Waals surface area contributed by atoms with E-state index in [1.165, 1.54) is 50.9 Å². The number of benzene rings is 2. The van der Waals surface area contributed by atoms with Gasteiger partial charge < -0.3 is 9.80 Å². The van der Waals surface area contributed by atoms with Crippen molar-refractivity contribution in [3.63, 3.8) is 0 Å². The lowest BCUT2D eigenvalue weighted by atomic mass is 9.83. The smallest absolute Gasteiger partial charge is 0.339 e. The fourth-order valence-corrected chi connectivity index (χ4v) is 6.30. The van der Waals surface area contributed by atoms with Crippen LogP contribution in [0.2, 0.25) is 0 Å². The second-order valence-corrected chi connectivity index (χ2v) is 9.45. The molecule has 2 atom stereocenters. The quantitative estimate of drug-likeness (QED) is 0.544. The van der Waals surface area contributed by atoms with Crippen LogP contribution in [0.15, 0.2) is 52.3 Å². The Morgan fingerprint density at radius 2 is 1.69 bits per heavy atom. The number of alkyl halides is 3. The predicted molar refractivity (Wildman–Crippen MR) is 111 cm³/mol. The first-order chi connectivity index (χ1) is 14.0. The first-order valence-corrected chi connectivity index (χ1v) is 11.3. The molecule has 6 heteroatoms. The molecule has 2 aromatic carbocycles. The molecule has 0 saturated carbocycles. The van der Waals surface area contributed by atoms with Gasteiger partial charge in [-0.25, -0.2) is 0 Å². The van der Waals surface area contributed by atoms with Crippen LogP contribution >= 0.6 is 11.8 Å². The molecule has 0 spiro atoms. The summed E-state index contributed by atoms with van der Waals surface area (Å²) in [5.74, 6) is 0.489. The topological polar surface area (TPSA) is 6.48 Å². The standard InChI is InChI=1S/C23H25F3N2S/c24-23(25,26)17-10-11-22-20(14-17)28(19-8-1-2-9-21(19)29-22)15-16-6-5-13-27-12-4-3-7-18(16)27/h1-2,8-11,14,16,18H,3-7,12-13,15H2/t16-,18+/m0/s1. The lowest BCUT2D eigenvalue weighted by molar-refractivity contribution is -0.137. The number of anilines is 2. The maximum absolute atomic E-state index is 13.4. The van der Waals surface area contributed by atoms with E-state index in [2.05, 4.69) is 15.9 Å². The Hall–Kier alpha value is -1.66. The Kier molecular flexibility index (Phi) is 5.03. The van der Waals surface area contributed by atoms with Gasteiger partial charge in [-0.1, -0.05) is 30.3 Å².